The van der Waals surface area contributed by atoms with E-state index in [0.29, 0.717) is 24.8 Å². The van der Waals surface area contributed by atoms with Gasteiger partial charge in [0.1, 0.15) is 11.9 Å². The number of ether oxygens (including phenoxy) is 1. The average molecular weight is 319 g/mol. The minimum absolute atomic E-state index is 0.0665. The van der Waals surface area contributed by atoms with Crippen molar-refractivity contribution >= 4 is 28.3 Å². The molecule has 0 radical (unpaired) electrons. The smallest absolute Gasteiger partial charge is 0.252 e. The van der Waals surface area contributed by atoms with E-state index in [1.54, 1.807) is 23.0 Å². The molecule has 2 aromatic rings. The van der Waals surface area contributed by atoms with Crippen LogP contribution in [0.4, 0.5) is 10.1 Å². The third kappa shape index (κ3) is 2.68. The third-order valence-corrected chi connectivity index (χ3v) is 4.20. The maximum Gasteiger partial charge on any atom is 0.252 e. The number of halogens is 1. The van der Waals surface area contributed by atoms with Crippen molar-refractivity contribution in [3.8, 4) is 0 Å². The summed E-state index contributed by atoms with van der Waals surface area (Å²) >= 11 is 0. The molecular weight excluding hydrogens is 301 g/mol. The first-order chi connectivity index (χ1) is 11.0. The van der Waals surface area contributed by atoms with Crippen molar-refractivity contribution in [2.24, 2.45) is 0 Å². The fraction of sp³-hybridized carbons (Fsp3) is 0.375. The molecule has 1 aliphatic heterocycles. The largest absolute Gasteiger partial charge is 0.396 e. The van der Waals surface area contributed by atoms with E-state index in [1.165, 1.54) is 18.1 Å². The molecular formula is C16H18FN3O3. The predicted molar refractivity (Wildman–Crippen MR) is 83.2 cm³/mol. The zero-order chi connectivity index (χ0) is 16.6. The summed E-state index contributed by atoms with van der Waals surface area (Å²) in [6.07, 6.45) is 4.14. The molecule has 3 rings (SSSR count). The van der Waals surface area contributed by atoms with Gasteiger partial charge in [-0.15, -0.1) is 0 Å². The van der Waals surface area contributed by atoms with E-state index >= 15 is 0 Å². The van der Waals surface area contributed by atoms with Crippen LogP contribution in [-0.4, -0.2) is 41.5 Å². The van der Waals surface area contributed by atoms with Crippen molar-refractivity contribution in [2.45, 2.75) is 18.9 Å². The van der Waals surface area contributed by atoms with Crippen LogP contribution >= 0.6 is 0 Å². The quantitative estimate of drug-likeness (QED) is 0.687. The number of amides is 2. The van der Waals surface area contributed by atoms with Gasteiger partial charge in [0.2, 0.25) is 5.91 Å². The molecule has 0 bridgehead atoms. The van der Waals surface area contributed by atoms with Gasteiger partial charge >= 0.3 is 0 Å². The summed E-state index contributed by atoms with van der Waals surface area (Å²) < 4.78 is 20.2. The van der Waals surface area contributed by atoms with Crippen LogP contribution in [0.2, 0.25) is 0 Å². The lowest BCUT2D eigenvalue weighted by atomic mass is 10.0. The number of nitrogens with two attached hydrogens (primary N) is 1. The van der Waals surface area contributed by atoms with Gasteiger partial charge in [-0.1, -0.05) is 0 Å². The summed E-state index contributed by atoms with van der Waals surface area (Å²) in [5, 5.41) is 1.33. The normalized spacial score (nSPS) is 18.9. The summed E-state index contributed by atoms with van der Waals surface area (Å²) in [4.78, 5) is 25.8. The predicted octanol–water partition coefficient (Wildman–Crippen LogP) is 1.70. The molecule has 1 aromatic heterocycles. The van der Waals surface area contributed by atoms with Crippen molar-refractivity contribution in [3.63, 3.8) is 0 Å². The van der Waals surface area contributed by atoms with E-state index in [0.717, 1.165) is 5.39 Å². The number of nitrogens with zero attached hydrogens (tertiary/aromatic N) is 2. The molecule has 1 fully saturated rings. The SMILES string of the molecule is COCCN1C(=O)CCC(n2cc3ccc(F)c(N)c3c2)C1=O. The van der Waals surface area contributed by atoms with E-state index in [1.807, 2.05) is 0 Å². The van der Waals surface area contributed by atoms with Crippen LogP contribution in [0, 0.1) is 5.82 Å². The standard InChI is InChI=1S/C16H18FN3O3/c1-23-7-6-20-14(21)5-4-13(16(20)22)19-8-10-2-3-12(17)15(18)11(10)9-19/h2-3,8-9,13H,4-7,18H2,1H3. The molecule has 1 aliphatic rings. The number of fused-ring (bicyclic) bond motifs is 1. The van der Waals surface area contributed by atoms with E-state index in [2.05, 4.69) is 0 Å². The van der Waals surface area contributed by atoms with Gasteiger partial charge in [-0.3, -0.25) is 14.5 Å². The number of benzene rings is 1. The number of hydrogen-bond donors (Lipinski definition) is 1. The number of imide groups is 1. The Morgan fingerprint density at radius 3 is 2.87 bits per heavy atom. The van der Waals surface area contributed by atoms with Crippen molar-refractivity contribution < 1.29 is 18.7 Å². The fourth-order valence-electron chi connectivity index (χ4n) is 2.93. The van der Waals surface area contributed by atoms with Crippen molar-refractivity contribution in [3.05, 3.63) is 30.3 Å². The van der Waals surface area contributed by atoms with Crippen molar-refractivity contribution in [2.75, 3.05) is 26.0 Å². The highest BCUT2D eigenvalue weighted by atomic mass is 19.1. The Kier molecular flexibility index (Phi) is 4.04. The van der Waals surface area contributed by atoms with E-state index in [-0.39, 0.29) is 24.0 Å². The second kappa shape index (κ2) is 6.00. The Hall–Kier alpha value is -2.41. The summed E-state index contributed by atoms with van der Waals surface area (Å²) in [6, 6.07) is 2.44. The molecule has 1 aromatic carbocycles. The van der Waals surface area contributed by atoms with Gasteiger partial charge in [0.15, 0.2) is 0 Å². The van der Waals surface area contributed by atoms with Crippen LogP contribution in [-0.2, 0) is 14.3 Å². The number of aromatic nitrogens is 1. The van der Waals surface area contributed by atoms with Gasteiger partial charge < -0.3 is 15.0 Å². The summed E-state index contributed by atoms with van der Waals surface area (Å²) in [6.45, 7) is 0.540. The molecule has 122 valence electrons. The summed E-state index contributed by atoms with van der Waals surface area (Å²) in [5.74, 6) is -0.940. The molecule has 7 heteroatoms. The Morgan fingerprint density at radius 1 is 1.35 bits per heavy atom. The average Bonchev–Trinajstić information content (AvgIpc) is 2.95. The van der Waals surface area contributed by atoms with Gasteiger partial charge in [-0.2, -0.15) is 0 Å². The number of nitrogen functional groups attached to an aromatic ring is 1. The van der Waals surface area contributed by atoms with Crippen LogP contribution in [0.25, 0.3) is 10.8 Å². The van der Waals surface area contributed by atoms with Gasteiger partial charge in [0.25, 0.3) is 5.91 Å². The van der Waals surface area contributed by atoms with E-state index in [4.69, 9.17) is 10.5 Å². The van der Waals surface area contributed by atoms with Crippen molar-refractivity contribution in [1.29, 1.82) is 0 Å². The molecule has 23 heavy (non-hydrogen) atoms. The van der Waals surface area contributed by atoms with Gasteiger partial charge in [0, 0.05) is 36.7 Å². The fourth-order valence-corrected chi connectivity index (χ4v) is 2.93. The molecule has 2 heterocycles. The molecule has 0 saturated carbocycles. The first kappa shape index (κ1) is 15.5. The van der Waals surface area contributed by atoms with Crippen molar-refractivity contribution in [1.82, 2.24) is 9.47 Å². The maximum absolute atomic E-state index is 13.6. The van der Waals surface area contributed by atoms with E-state index in [9.17, 15) is 14.0 Å². The molecule has 2 amide bonds. The zero-order valence-corrected chi connectivity index (χ0v) is 12.8. The van der Waals surface area contributed by atoms with Crippen LogP contribution in [0.15, 0.2) is 24.5 Å². The Bertz CT molecular complexity index is 771. The number of carbonyl (C=O) groups excluding carboxylic acids is 2. The minimum Gasteiger partial charge on any atom is -0.396 e. The Balaban J connectivity index is 1.93. The van der Waals surface area contributed by atoms with Gasteiger partial charge in [-0.25, -0.2) is 4.39 Å². The minimum atomic E-state index is -0.487. The maximum atomic E-state index is 13.6. The first-order valence-corrected chi connectivity index (χ1v) is 7.41. The number of carbonyl (C=O) groups is 2. The molecule has 0 spiro atoms. The molecule has 1 unspecified atom stereocenters. The number of hydrogen-bond acceptors (Lipinski definition) is 4. The molecule has 0 aliphatic carbocycles. The van der Waals surface area contributed by atoms with Crippen LogP contribution in [0.5, 0.6) is 0 Å². The molecule has 2 N–H and O–H groups in total. The lowest BCUT2D eigenvalue weighted by Crippen LogP contribution is -2.46. The number of likely N-dealkylation sites (tertiary alicyclic amines) is 1. The van der Waals surface area contributed by atoms with Crippen LogP contribution in [0.1, 0.15) is 18.9 Å². The van der Waals surface area contributed by atoms with Gasteiger partial charge in [0.05, 0.1) is 18.8 Å². The summed E-state index contributed by atoms with van der Waals surface area (Å²) in [5.41, 5.74) is 5.82. The number of methoxy groups -OCH3 is 1. The first-order valence-electron chi connectivity index (χ1n) is 7.41. The third-order valence-electron chi connectivity index (χ3n) is 4.20. The number of piperidine rings is 1. The molecule has 1 atom stereocenters. The second-order valence-electron chi connectivity index (χ2n) is 5.60. The monoisotopic (exact) mass is 319 g/mol. The Morgan fingerprint density at radius 2 is 2.13 bits per heavy atom. The highest BCUT2D eigenvalue weighted by Gasteiger charge is 2.35. The lowest BCUT2D eigenvalue weighted by molar-refractivity contribution is -0.151. The Labute approximate surface area is 132 Å². The zero-order valence-electron chi connectivity index (χ0n) is 12.8. The number of rotatable bonds is 4. The van der Waals surface area contributed by atoms with Crippen LogP contribution < -0.4 is 5.73 Å². The van der Waals surface area contributed by atoms with E-state index < -0.39 is 11.9 Å². The highest BCUT2D eigenvalue weighted by molar-refractivity contribution is 6.00. The molecule has 1 saturated heterocycles. The number of anilines is 1. The molecule has 6 nitrogen and oxygen atoms in total. The van der Waals surface area contributed by atoms with Gasteiger partial charge in [-0.05, 0) is 18.6 Å². The van der Waals surface area contributed by atoms with Crippen LogP contribution in [0.3, 0.4) is 0 Å². The second-order valence-corrected chi connectivity index (χ2v) is 5.60. The highest BCUT2D eigenvalue weighted by Crippen LogP contribution is 2.30. The summed E-state index contributed by atoms with van der Waals surface area (Å²) in [7, 11) is 1.52. The lowest BCUT2D eigenvalue weighted by Gasteiger charge is -2.31. The topological polar surface area (TPSA) is 77.6 Å².